The Morgan fingerprint density at radius 3 is 2.12 bits per heavy atom. The SMILES string of the molecule is CCCCCCCCC(OC(C)C)C(=O)O.[Ti]. The number of rotatable bonds is 10. The van der Waals surface area contributed by atoms with Crippen molar-refractivity contribution in [3.8, 4) is 0 Å². The number of carboxylic acids is 1. The van der Waals surface area contributed by atoms with Crippen molar-refractivity contribution < 1.29 is 36.4 Å². The van der Waals surface area contributed by atoms with Gasteiger partial charge in [-0.1, -0.05) is 45.4 Å². The molecule has 0 heterocycles. The summed E-state index contributed by atoms with van der Waals surface area (Å²) in [5, 5.41) is 8.94. The van der Waals surface area contributed by atoms with Crippen LogP contribution in [0.4, 0.5) is 0 Å². The second-order valence-corrected chi connectivity index (χ2v) is 4.57. The van der Waals surface area contributed by atoms with Gasteiger partial charge in [0.05, 0.1) is 6.10 Å². The molecule has 0 saturated heterocycles. The molecule has 3 nitrogen and oxygen atoms in total. The Morgan fingerprint density at radius 1 is 1.12 bits per heavy atom. The Balaban J connectivity index is 0. The summed E-state index contributed by atoms with van der Waals surface area (Å²) in [5.74, 6) is -0.831. The number of aliphatic carboxylic acids is 1. The Hall–Kier alpha value is 0.144. The van der Waals surface area contributed by atoms with Crippen molar-refractivity contribution in [2.24, 2.45) is 0 Å². The molecule has 0 aromatic heterocycles. The molecule has 0 aromatic rings. The Labute approximate surface area is 120 Å². The van der Waals surface area contributed by atoms with E-state index in [-0.39, 0.29) is 27.8 Å². The van der Waals surface area contributed by atoms with E-state index in [2.05, 4.69) is 6.92 Å². The van der Waals surface area contributed by atoms with Crippen molar-refractivity contribution >= 4 is 5.97 Å². The minimum Gasteiger partial charge on any atom is -0.479 e. The maximum absolute atomic E-state index is 10.9. The van der Waals surface area contributed by atoms with E-state index < -0.39 is 12.1 Å². The number of carbonyl (C=O) groups is 1. The fourth-order valence-corrected chi connectivity index (χ4v) is 1.69. The van der Waals surface area contributed by atoms with E-state index in [1.54, 1.807) is 0 Å². The molecule has 0 rings (SSSR count). The van der Waals surface area contributed by atoms with Crippen LogP contribution in [0.5, 0.6) is 0 Å². The van der Waals surface area contributed by atoms with Crippen LogP contribution >= 0.6 is 0 Å². The first kappa shape index (κ1) is 19.5. The summed E-state index contributed by atoms with van der Waals surface area (Å²) in [7, 11) is 0. The van der Waals surface area contributed by atoms with Gasteiger partial charge in [0, 0.05) is 21.7 Å². The summed E-state index contributed by atoms with van der Waals surface area (Å²) in [5.41, 5.74) is 0. The zero-order chi connectivity index (χ0) is 12.4. The molecule has 17 heavy (non-hydrogen) atoms. The third kappa shape index (κ3) is 12.4. The van der Waals surface area contributed by atoms with E-state index >= 15 is 0 Å². The molecule has 0 fully saturated rings. The van der Waals surface area contributed by atoms with Gasteiger partial charge in [0.2, 0.25) is 0 Å². The fraction of sp³-hybridized carbons (Fsp3) is 0.923. The smallest absolute Gasteiger partial charge is 0.332 e. The molecule has 0 amide bonds. The van der Waals surface area contributed by atoms with Crippen LogP contribution in [-0.4, -0.2) is 23.3 Å². The molecule has 4 heteroatoms. The van der Waals surface area contributed by atoms with Crippen LogP contribution in [0.15, 0.2) is 0 Å². The molecule has 0 spiro atoms. The van der Waals surface area contributed by atoms with E-state index in [0.29, 0.717) is 6.42 Å². The average molecular weight is 278 g/mol. The van der Waals surface area contributed by atoms with Gasteiger partial charge in [-0.05, 0) is 20.3 Å². The van der Waals surface area contributed by atoms with Crippen LogP contribution in [0.2, 0.25) is 0 Å². The van der Waals surface area contributed by atoms with Gasteiger partial charge in [-0.15, -0.1) is 0 Å². The maximum Gasteiger partial charge on any atom is 0.332 e. The summed E-state index contributed by atoms with van der Waals surface area (Å²) in [6.07, 6.45) is 7.07. The van der Waals surface area contributed by atoms with Crippen molar-refractivity contribution in [1.82, 2.24) is 0 Å². The van der Waals surface area contributed by atoms with E-state index in [1.165, 1.54) is 25.7 Å². The molecule has 100 valence electrons. The van der Waals surface area contributed by atoms with Crippen LogP contribution in [0.25, 0.3) is 0 Å². The van der Waals surface area contributed by atoms with Crippen LogP contribution in [0.3, 0.4) is 0 Å². The second-order valence-electron chi connectivity index (χ2n) is 4.57. The first-order chi connectivity index (χ1) is 7.57. The standard InChI is InChI=1S/C13H26O3.Ti/c1-4-5-6-7-8-9-10-12(13(14)15)16-11(2)3;/h11-12H,4-10H2,1-3H3,(H,14,15);. The van der Waals surface area contributed by atoms with Gasteiger partial charge in [0.15, 0.2) is 6.10 Å². The summed E-state index contributed by atoms with van der Waals surface area (Å²) < 4.78 is 5.34. The molecule has 0 aliphatic heterocycles. The van der Waals surface area contributed by atoms with Crippen LogP contribution in [0.1, 0.15) is 65.7 Å². The van der Waals surface area contributed by atoms with E-state index in [4.69, 9.17) is 9.84 Å². The van der Waals surface area contributed by atoms with Crippen molar-refractivity contribution in [3.05, 3.63) is 0 Å². The van der Waals surface area contributed by atoms with Gasteiger partial charge in [-0.2, -0.15) is 0 Å². The topological polar surface area (TPSA) is 46.5 Å². The van der Waals surface area contributed by atoms with Crippen LogP contribution in [-0.2, 0) is 31.2 Å². The van der Waals surface area contributed by atoms with Gasteiger partial charge in [0.1, 0.15) is 0 Å². The third-order valence-corrected chi connectivity index (χ3v) is 2.53. The molecular weight excluding hydrogens is 252 g/mol. The Bertz CT molecular complexity index is 184. The van der Waals surface area contributed by atoms with E-state index in [1.807, 2.05) is 13.8 Å². The molecule has 0 aliphatic carbocycles. The zero-order valence-electron chi connectivity index (χ0n) is 11.4. The molecule has 1 N–H and O–H groups in total. The third-order valence-electron chi connectivity index (χ3n) is 2.53. The number of ether oxygens (including phenoxy) is 1. The molecular formula is C13H26O3Ti. The van der Waals surface area contributed by atoms with Crippen molar-refractivity contribution in [2.45, 2.75) is 77.9 Å². The predicted molar refractivity (Wildman–Crippen MR) is 65.6 cm³/mol. The molecule has 0 radical (unpaired) electrons. The van der Waals surface area contributed by atoms with Crippen molar-refractivity contribution in [3.63, 3.8) is 0 Å². The van der Waals surface area contributed by atoms with Crippen molar-refractivity contribution in [1.29, 1.82) is 0 Å². The van der Waals surface area contributed by atoms with Crippen LogP contribution in [0, 0.1) is 0 Å². The summed E-state index contributed by atoms with van der Waals surface area (Å²) in [4.78, 5) is 10.9. The molecule has 0 saturated carbocycles. The maximum atomic E-state index is 10.9. The molecule has 0 aromatic carbocycles. The minimum atomic E-state index is -0.831. The van der Waals surface area contributed by atoms with Crippen LogP contribution < -0.4 is 0 Å². The van der Waals surface area contributed by atoms with Gasteiger partial charge < -0.3 is 9.84 Å². The van der Waals surface area contributed by atoms with Crippen molar-refractivity contribution in [2.75, 3.05) is 0 Å². The van der Waals surface area contributed by atoms with Gasteiger partial charge in [-0.25, -0.2) is 4.79 Å². The number of unbranched alkanes of at least 4 members (excludes halogenated alkanes) is 5. The zero-order valence-corrected chi connectivity index (χ0v) is 12.9. The quantitative estimate of drug-likeness (QED) is 0.490. The second kappa shape index (κ2) is 12.6. The predicted octanol–water partition coefficient (Wildman–Crippen LogP) is 3.61. The number of hydrogen-bond acceptors (Lipinski definition) is 2. The monoisotopic (exact) mass is 278 g/mol. The Kier molecular flexibility index (Phi) is 14.4. The molecule has 0 bridgehead atoms. The average Bonchev–Trinajstić information content (AvgIpc) is 2.20. The van der Waals surface area contributed by atoms with Gasteiger partial charge in [-0.3, -0.25) is 0 Å². The Morgan fingerprint density at radius 2 is 1.65 bits per heavy atom. The number of carboxylic acid groups (broad SMARTS) is 1. The normalized spacial score (nSPS) is 12.2. The van der Waals surface area contributed by atoms with E-state index in [0.717, 1.165) is 12.8 Å². The van der Waals surface area contributed by atoms with E-state index in [9.17, 15) is 4.79 Å². The van der Waals surface area contributed by atoms with Gasteiger partial charge >= 0.3 is 5.97 Å². The molecule has 0 aliphatic rings. The molecule has 1 atom stereocenters. The first-order valence-corrected chi connectivity index (χ1v) is 6.46. The fourth-order valence-electron chi connectivity index (χ4n) is 1.69. The molecule has 1 unspecified atom stereocenters. The number of hydrogen-bond donors (Lipinski definition) is 1. The summed E-state index contributed by atoms with van der Waals surface area (Å²) in [6.45, 7) is 5.94. The largest absolute Gasteiger partial charge is 0.479 e. The first-order valence-electron chi connectivity index (χ1n) is 6.46. The minimum absolute atomic E-state index is 0. The van der Waals surface area contributed by atoms with Gasteiger partial charge in [0.25, 0.3) is 0 Å². The summed E-state index contributed by atoms with van der Waals surface area (Å²) in [6, 6.07) is 0. The summed E-state index contributed by atoms with van der Waals surface area (Å²) >= 11 is 0.